The van der Waals surface area contributed by atoms with Gasteiger partial charge in [0.1, 0.15) is 5.78 Å². The lowest BCUT2D eigenvalue weighted by molar-refractivity contribution is -0.122. The summed E-state index contributed by atoms with van der Waals surface area (Å²) in [6, 6.07) is -0.0701. The van der Waals surface area contributed by atoms with Gasteiger partial charge in [-0.2, -0.15) is 0 Å². The maximum absolute atomic E-state index is 12.4. The lowest BCUT2D eigenvalue weighted by Gasteiger charge is -2.16. The van der Waals surface area contributed by atoms with Gasteiger partial charge in [-0.15, -0.1) is 0 Å². The van der Waals surface area contributed by atoms with E-state index in [-0.39, 0.29) is 18.6 Å². The number of aliphatic hydroxyl groups is 1. The minimum absolute atomic E-state index is 0.0577. The Labute approximate surface area is 345 Å². The number of carbonyl (C=O) groups is 2. The molecule has 0 aliphatic heterocycles. The fraction of sp³-hybridized carbons (Fsp3) is 0.922. The van der Waals surface area contributed by atoms with Crippen LogP contribution >= 0.6 is 0 Å². The molecule has 1 amide bonds. The minimum Gasteiger partial charge on any atom is -0.394 e. The van der Waals surface area contributed by atoms with Crippen LogP contribution in [0.5, 0.6) is 0 Å². The molecule has 0 aromatic carbocycles. The predicted molar refractivity (Wildman–Crippen MR) is 243 cm³/mol. The van der Waals surface area contributed by atoms with E-state index in [1.807, 2.05) is 0 Å². The number of carbonyl (C=O) groups excluding carboxylic acids is 2. The van der Waals surface area contributed by atoms with Crippen molar-refractivity contribution in [3.05, 3.63) is 12.2 Å². The van der Waals surface area contributed by atoms with E-state index in [0.717, 1.165) is 51.4 Å². The molecule has 0 aliphatic rings. The summed E-state index contributed by atoms with van der Waals surface area (Å²) in [5.41, 5.74) is 0. The van der Waals surface area contributed by atoms with Gasteiger partial charge in [0.2, 0.25) is 5.91 Å². The first-order valence-electron chi connectivity index (χ1n) is 25.2. The number of hydrogen-bond acceptors (Lipinski definition) is 3. The van der Waals surface area contributed by atoms with Crippen molar-refractivity contribution in [3.8, 4) is 0 Å². The van der Waals surface area contributed by atoms with E-state index in [4.69, 9.17) is 0 Å². The summed E-state index contributed by atoms with van der Waals surface area (Å²) < 4.78 is 0. The van der Waals surface area contributed by atoms with Gasteiger partial charge in [0.15, 0.2) is 0 Å². The molecule has 0 fully saturated rings. The Morgan fingerprint density at radius 2 is 0.691 bits per heavy atom. The fourth-order valence-electron chi connectivity index (χ4n) is 7.99. The average Bonchev–Trinajstić information content (AvgIpc) is 3.19. The zero-order chi connectivity index (χ0) is 40.0. The number of nitrogens with one attached hydrogen (secondary N) is 1. The molecule has 0 bridgehead atoms. The van der Waals surface area contributed by atoms with E-state index in [2.05, 4.69) is 31.3 Å². The van der Waals surface area contributed by atoms with E-state index < -0.39 is 0 Å². The molecule has 4 heteroatoms. The van der Waals surface area contributed by atoms with E-state index in [1.165, 1.54) is 218 Å². The van der Waals surface area contributed by atoms with Crippen LogP contribution in [-0.2, 0) is 9.59 Å². The summed E-state index contributed by atoms with van der Waals surface area (Å²) in [6.07, 6.45) is 58.5. The number of allylic oxidation sites excluding steroid dienone is 2. The molecule has 55 heavy (non-hydrogen) atoms. The highest BCUT2D eigenvalue weighted by Crippen LogP contribution is 2.16. The van der Waals surface area contributed by atoms with Crippen LogP contribution in [0.2, 0.25) is 0 Å². The van der Waals surface area contributed by atoms with Gasteiger partial charge in [0.05, 0.1) is 12.6 Å². The molecule has 4 nitrogen and oxygen atoms in total. The Balaban J connectivity index is 3.39. The Hall–Kier alpha value is -1.16. The number of rotatable bonds is 47. The normalized spacial score (nSPS) is 12.2. The summed E-state index contributed by atoms with van der Waals surface area (Å²) in [4.78, 5) is 24.6. The summed E-state index contributed by atoms with van der Waals surface area (Å²) in [6.45, 7) is 4.62. The lowest BCUT2D eigenvalue weighted by Crippen LogP contribution is -2.37. The zero-order valence-electron chi connectivity index (χ0n) is 37.6. The van der Waals surface area contributed by atoms with Crippen LogP contribution in [-0.4, -0.2) is 29.4 Å². The van der Waals surface area contributed by atoms with Crippen molar-refractivity contribution >= 4 is 11.7 Å². The Kier molecular flexibility index (Phi) is 46.2. The first kappa shape index (κ1) is 53.8. The maximum Gasteiger partial charge on any atom is 0.220 e. The number of hydrogen-bond donors (Lipinski definition) is 2. The smallest absolute Gasteiger partial charge is 0.220 e. The second kappa shape index (κ2) is 47.2. The molecule has 0 unspecified atom stereocenters. The quantitative estimate of drug-likeness (QED) is 0.0478. The van der Waals surface area contributed by atoms with Crippen LogP contribution < -0.4 is 5.32 Å². The second-order valence-corrected chi connectivity index (χ2v) is 17.4. The van der Waals surface area contributed by atoms with Crippen LogP contribution in [0.1, 0.15) is 290 Å². The minimum atomic E-state index is -0.0701. The molecule has 0 aliphatic carbocycles. The van der Waals surface area contributed by atoms with Crippen LogP contribution in [0, 0.1) is 0 Å². The molecule has 0 saturated carbocycles. The number of ketones is 1. The van der Waals surface area contributed by atoms with Crippen LogP contribution in [0.25, 0.3) is 0 Å². The van der Waals surface area contributed by atoms with Gasteiger partial charge in [-0.25, -0.2) is 0 Å². The molecule has 0 radical (unpaired) electrons. The van der Waals surface area contributed by atoms with Crippen LogP contribution in [0.4, 0.5) is 0 Å². The van der Waals surface area contributed by atoms with Gasteiger partial charge in [-0.1, -0.05) is 231 Å². The van der Waals surface area contributed by atoms with Crippen molar-refractivity contribution < 1.29 is 14.7 Å². The van der Waals surface area contributed by atoms with E-state index in [0.29, 0.717) is 12.2 Å². The second-order valence-electron chi connectivity index (χ2n) is 17.4. The highest BCUT2D eigenvalue weighted by Gasteiger charge is 2.11. The molecule has 1 atom stereocenters. The lowest BCUT2D eigenvalue weighted by atomic mass is 10.0. The third-order valence-electron chi connectivity index (χ3n) is 11.8. The standard InChI is InChI=1S/C51H99NO3/c1-3-5-7-9-11-13-15-17-19-21-25-29-33-37-41-45-50(54)46-42-38-34-30-26-22-23-27-31-35-39-43-47-51(55)52-49(48-53)44-40-36-32-28-24-20-18-16-14-12-10-8-6-4-2/h17,19,49,53H,3-16,18,20-48H2,1-2H3,(H,52,55)/b19-17-/t49-/m0/s1. The van der Waals surface area contributed by atoms with Crippen molar-refractivity contribution in [2.75, 3.05) is 6.61 Å². The molecule has 0 spiro atoms. The van der Waals surface area contributed by atoms with Gasteiger partial charge in [-0.05, 0) is 51.4 Å². The van der Waals surface area contributed by atoms with Crippen molar-refractivity contribution in [2.45, 2.75) is 296 Å². The monoisotopic (exact) mass is 774 g/mol. The SMILES string of the molecule is CCCCCCCC/C=C\CCCCCCCC(=O)CCCCCCCCCCCCCCC(=O)N[C@H](CO)CCCCCCCCCCCCCCCC. The Bertz CT molecular complexity index is 795. The average molecular weight is 774 g/mol. The topological polar surface area (TPSA) is 66.4 Å². The molecule has 2 N–H and O–H groups in total. The molecular formula is C51H99NO3. The van der Waals surface area contributed by atoms with Gasteiger partial charge < -0.3 is 10.4 Å². The zero-order valence-corrected chi connectivity index (χ0v) is 37.6. The maximum atomic E-state index is 12.4. The number of amides is 1. The van der Waals surface area contributed by atoms with E-state index >= 15 is 0 Å². The van der Waals surface area contributed by atoms with Gasteiger partial charge >= 0.3 is 0 Å². The molecule has 0 aromatic heterocycles. The summed E-state index contributed by atoms with van der Waals surface area (Å²) >= 11 is 0. The number of aliphatic hydroxyl groups excluding tert-OH is 1. The van der Waals surface area contributed by atoms with Crippen LogP contribution in [0.15, 0.2) is 12.2 Å². The third kappa shape index (κ3) is 45.4. The van der Waals surface area contributed by atoms with Crippen molar-refractivity contribution in [3.63, 3.8) is 0 Å². The first-order chi connectivity index (χ1) is 27.1. The molecule has 0 rings (SSSR count). The summed E-state index contributed by atoms with van der Waals surface area (Å²) in [5.74, 6) is 0.607. The van der Waals surface area contributed by atoms with Gasteiger partial charge in [-0.3, -0.25) is 9.59 Å². The number of unbranched alkanes of at least 4 members (excludes halogenated alkanes) is 35. The Morgan fingerprint density at radius 1 is 0.400 bits per heavy atom. The fourth-order valence-corrected chi connectivity index (χ4v) is 7.99. The summed E-state index contributed by atoms with van der Waals surface area (Å²) in [5, 5.41) is 12.8. The first-order valence-corrected chi connectivity index (χ1v) is 25.2. The summed E-state index contributed by atoms with van der Waals surface area (Å²) in [7, 11) is 0. The predicted octanol–water partition coefficient (Wildman–Crippen LogP) is 16.4. The van der Waals surface area contributed by atoms with E-state index in [1.54, 1.807) is 0 Å². The van der Waals surface area contributed by atoms with Crippen molar-refractivity contribution in [1.29, 1.82) is 0 Å². The molecule has 0 heterocycles. The highest BCUT2D eigenvalue weighted by atomic mass is 16.3. The number of Topliss-reactive ketones (excluding diaryl/α,β-unsaturated/α-hetero) is 1. The van der Waals surface area contributed by atoms with E-state index in [9.17, 15) is 14.7 Å². The third-order valence-corrected chi connectivity index (χ3v) is 11.8. The highest BCUT2D eigenvalue weighted by molar-refractivity contribution is 5.78. The molecule has 0 saturated heterocycles. The molecular weight excluding hydrogens is 675 g/mol. The molecule has 0 aromatic rings. The van der Waals surface area contributed by atoms with Crippen LogP contribution in [0.3, 0.4) is 0 Å². The van der Waals surface area contributed by atoms with Crippen molar-refractivity contribution in [2.24, 2.45) is 0 Å². The Morgan fingerprint density at radius 3 is 1.04 bits per heavy atom. The molecule has 326 valence electrons. The van der Waals surface area contributed by atoms with Gasteiger partial charge in [0.25, 0.3) is 0 Å². The largest absolute Gasteiger partial charge is 0.394 e. The van der Waals surface area contributed by atoms with Gasteiger partial charge in [0, 0.05) is 19.3 Å². The van der Waals surface area contributed by atoms with Crippen molar-refractivity contribution in [1.82, 2.24) is 5.32 Å².